The predicted molar refractivity (Wildman–Crippen MR) is 75.4 cm³/mol. The van der Waals surface area contributed by atoms with Gasteiger partial charge in [0.25, 0.3) is 0 Å². The Bertz CT molecular complexity index is 374. The van der Waals surface area contributed by atoms with Crippen molar-refractivity contribution in [2.45, 2.75) is 45.4 Å². The van der Waals surface area contributed by atoms with Crippen molar-refractivity contribution >= 4 is 11.6 Å². The van der Waals surface area contributed by atoms with Crippen molar-refractivity contribution in [3.8, 4) is 0 Å². The van der Waals surface area contributed by atoms with E-state index < -0.39 is 0 Å². The number of nitrogens with zero attached hydrogens (tertiary/aromatic N) is 4. The summed E-state index contributed by atoms with van der Waals surface area (Å²) in [5.74, 6) is 1.63. The van der Waals surface area contributed by atoms with E-state index in [2.05, 4.69) is 28.8 Å². The van der Waals surface area contributed by atoms with Gasteiger partial charge in [-0.1, -0.05) is 0 Å². The van der Waals surface area contributed by atoms with Crippen LogP contribution in [0.3, 0.4) is 0 Å². The predicted octanol–water partition coefficient (Wildman–Crippen LogP) is 2.08. The minimum absolute atomic E-state index is 0.363. The lowest BCUT2D eigenvalue weighted by molar-refractivity contribution is 0.0126. The minimum Gasteiger partial charge on any atom is -0.377 e. The van der Waals surface area contributed by atoms with E-state index in [9.17, 15) is 0 Å². The average molecular weight is 287 g/mol. The molecule has 0 atom stereocenters. The van der Waals surface area contributed by atoms with Crippen molar-refractivity contribution in [3.63, 3.8) is 0 Å². The molecule has 1 saturated heterocycles. The Morgan fingerprint density at radius 1 is 1.42 bits per heavy atom. The third-order valence-electron chi connectivity index (χ3n) is 3.47. The lowest BCUT2D eigenvalue weighted by Gasteiger charge is -2.31. The van der Waals surface area contributed by atoms with Gasteiger partial charge in [-0.15, -0.1) is 11.6 Å². The highest BCUT2D eigenvalue weighted by molar-refractivity contribution is 6.17. The van der Waals surface area contributed by atoms with Crippen LogP contribution in [0.5, 0.6) is 0 Å². The first-order chi connectivity index (χ1) is 9.20. The van der Waals surface area contributed by atoms with Gasteiger partial charge in [0.15, 0.2) is 0 Å². The number of ether oxygens (including phenoxy) is 1. The van der Waals surface area contributed by atoms with E-state index in [1.54, 1.807) is 6.33 Å². The van der Waals surface area contributed by atoms with Crippen LogP contribution in [0.25, 0.3) is 0 Å². The SMILES string of the molecule is CC(C)n1ncnc1CN1CCC(OCCCl)CC1. The van der Waals surface area contributed by atoms with Crippen LogP contribution in [-0.4, -0.2) is 51.3 Å². The average Bonchev–Trinajstić information content (AvgIpc) is 2.86. The number of alkyl halides is 1. The largest absolute Gasteiger partial charge is 0.377 e. The number of halogens is 1. The molecule has 0 unspecified atom stereocenters. The molecular formula is C13H23ClN4O. The van der Waals surface area contributed by atoms with Gasteiger partial charge in [0, 0.05) is 25.0 Å². The zero-order valence-electron chi connectivity index (χ0n) is 11.8. The molecule has 1 aromatic rings. The van der Waals surface area contributed by atoms with Gasteiger partial charge in [-0.2, -0.15) is 5.10 Å². The van der Waals surface area contributed by atoms with Crippen molar-refractivity contribution in [2.24, 2.45) is 0 Å². The molecule has 19 heavy (non-hydrogen) atoms. The fraction of sp³-hybridized carbons (Fsp3) is 0.846. The molecule has 1 aliphatic rings. The van der Waals surface area contributed by atoms with Crippen LogP contribution < -0.4 is 0 Å². The molecule has 1 aromatic heterocycles. The van der Waals surface area contributed by atoms with Crippen LogP contribution in [0.1, 0.15) is 38.6 Å². The van der Waals surface area contributed by atoms with E-state index in [1.165, 1.54) is 0 Å². The van der Waals surface area contributed by atoms with E-state index in [-0.39, 0.29) is 0 Å². The number of hydrogen-bond donors (Lipinski definition) is 0. The second-order valence-corrected chi connectivity index (χ2v) is 5.63. The van der Waals surface area contributed by atoms with Crippen molar-refractivity contribution < 1.29 is 4.74 Å². The van der Waals surface area contributed by atoms with Gasteiger partial charge in [0.1, 0.15) is 12.2 Å². The number of aromatic nitrogens is 3. The molecule has 0 aromatic carbocycles. The van der Waals surface area contributed by atoms with E-state index in [0.717, 1.165) is 38.3 Å². The Morgan fingerprint density at radius 3 is 2.79 bits per heavy atom. The molecular weight excluding hydrogens is 264 g/mol. The lowest BCUT2D eigenvalue weighted by Crippen LogP contribution is -2.37. The van der Waals surface area contributed by atoms with Gasteiger partial charge in [0.05, 0.1) is 19.3 Å². The maximum absolute atomic E-state index is 5.69. The van der Waals surface area contributed by atoms with Crippen LogP contribution in [0.4, 0.5) is 0 Å². The lowest BCUT2D eigenvalue weighted by atomic mass is 10.1. The minimum atomic E-state index is 0.363. The molecule has 0 spiro atoms. The fourth-order valence-electron chi connectivity index (χ4n) is 2.46. The summed E-state index contributed by atoms with van der Waals surface area (Å²) in [6, 6.07) is 0.363. The quantitative estimate of drug-likeness (QED) is 0.751. The molecule has 1 fully saturated rings. The van der Waals surface area contributed by atoms with Crippen LogP contribution >= 0.6 is 11.6 Å². The van der Waals surface area contributed by atoms with E-state index in [0.29, 0.717) is 24.6 Å². The van der Waals surface area contributed by atoms with Gasteiger partial charge in [-0.25, -0.2) is 9.67 Å². The summed E-state index contributed by atoms with van der Waals surface area (Å²) in [5.41, 5.74) is 0. The molecule has 0 N–H and O–H groups in total. The zero-order valence-corrected chi connectivity index (χ0v) is 12.5. The standard InChI is InChI=1S/C13H23ClN4O/c1-11(2)18-13(15-10-16-18)9-17-6-3-12(4-7-17)19-8-5-14/h10-12H,3-9H2,1-2H3. The maximum Gasteiger partial charge on any atom is 0.141 e. The monoisotopic (exact) mass is 286 g/mol. The van der Waals surface area contributed by atoms with Crippen molar-refractivity contribution in [1.82, 2.24) is 19.7 Å². The van der Waals surface area contributed by atoms with Gasteiger partial charge >= 0.3 is 0 Å². The van der Waals surface area contributed by atoms with E-state index in [4.69, 9.17) is 16.3 Å². The second-order valence-electron chi connectivity index (χ2n) is 5.25. The summed E-state index contributed by atoms with van der Waals surface area (Å²) in [4.78, 5) is 6.78. The number of rotatable bonds is 6. The Kier molecular flexibility index (Phi) is 5.60. The summed E-state index contributed by atoms with van der Waals surface area (Å²) in [5, 5.41) is 4.28. The topological polar surface area (TPSA) is 43.2 Å². The number of hydrogen-bond acceptors (Lipinski definition) is 4. The second kappa shape index (κ2) is 7.22. The Morgan fingerprint density at radius 2 is 2.16 bits per heavy atom. The highest BCUT2D eigenvalue weighted by Crippen LogP contribution is 2.16. The van der Waals surface area contributed by atoms with Crippen molar-refractivity contribution in [2.75, 3.05) is 25.6 Å². The Balaban J connectivity index is 1.80. The van der Waals surface area contributed by atoms with Crippen LogP contribution in [0, 0.1) is 0 Å². The fourth-order valence-corrected chi connectivity index (χ4v) is 2.55. The third-order valence-corrected chi connectivity index (χ3v) is 3.62. The molecule has 0 radical (unpaired) electrons. The zero-order chi connectivity index (χ0) is 13.7. The molecule has 0 aliphatic carbocycles. The normalized spacial score (nSPS) is 18.3. The van der Waals surface area contributed by atoms with Crippen LogP contribution in [0.2, 0.25) is 0 Å². The van der Waals surface area contributed by atoms with E-state index in [1.807, 2.05) is 4.68 Å². The molecule has 108 valence electrons. The summed E-state index contributed by atoms with van der Waals surface area (Å²) in [6.07, 6.45) is 4.17. The highest BCUT2D eigenvalue weighted by atomic mass is 35.5. The van der Waals surface area contributed by atoms with Gasteiger partial charge < -0.3 is 4.74 Å². The summed E-state index contributed by atoms with van der Waals surface area (Å²) < 4.78 is 7.68. The van der Waals surface area contributed by atoms with Gasteiger partial charge in [0.2, 0.25) is 0 Å². The first-order valence-electron chi connectivity index (χ1n) is 6.99. The van der Waals surface area contributed by atoms with Crippen LogP contribution in [-0.2, 0) is 11.3 Å². The van der Waals surface area contributed by atoms with Gasteiger partial charge in [-0.05, 0) is 26.7 Å². The third kappa shape index (κ3) is 4.16. The van der Waals surface area contributed by atoms with Crippen molar-refractivity contribution in [1.29, 1.82) is 0 Å². The van der Waals surface area contributed by atoms with E-state index >= 15 is 0 Å². The summed E-state index contributed by atoms with van der Waals surface area (Å²) in [6.45, 7) is 7.90. The Labute approximate surface area is 119 Å². The first-order valence-corrected chi connectivity index (χ1v) is 7.52. The number of likely N-dealkylation sites (tertiary alicyclic amines) is 1. The maximum atomic E-state index is 5.69. The summed E-state index contributed by atoms with van der Waals surface area (Å²) in [7, 11) is 0. The van der Waals surface area contributed by atoms with Gasteiger partial charge in [-0.3, -0.25) is 4.90 Å². The molecule has 1 aliphatic heterocycles. The Hall–Kier alpha value is -0.650. The van der Waals surface area contributed by atoms with Crippen LogP contribution in [0.15, 0.2) is 6.33 Å². The smallest absolute Gasteiger partial charge is 0.141 e. The molecule has 0 saturated carbocycles. The molecule has 0 amide bonds. The van der Waals surface area contributed by atoms with Crippen molar-refractivity contribution in [3.05, 3.63) is 12.2 Å². The molecule has 2 rings (SSSR count). The molecule has 2 heterocycles. The molecule has 5 nitrogen and oxygen atoms in total. The first kappa shape index (κ1) is 14.8. The molecule has 0 bridgehead atoms. The number of piperidine rings is 1. The highest BCUT2D eigenvalue weighted by Gasteiger charge is 2.21. The molecule has 6 heteroatoms. The summed E-state index contributed by atoms with van der Waals surface area (Å²) >= 11 is 5.64.